The molecule has 0 amide bonds. The third-order valence-electron chi connectivity index (χ3n) is 3.63. The van der Waals surface area contributed by atoms with Gasteiger partial charge in [-0.15, -0.1) is 13.2 Å². The maximum atomic E-state index is 13.4. The van der Waals surface area contributed by atoms with Crippen LogP contribution in [0.3, 0.4) is 0 Å². The fourth-order valence-electron chi connectivity index (χ4n) is 2.47. The molecule has 1 heterocycles. The van der Waals surface area contributed by atoms with Crippen LogP contribution in [0.15, 0.2) is 27.8 Å². The lowest BCUT2D eigenvalue weighted by Gasteiger charge is -2.18. The maximum absolute atomic E-state index is 13.4. The first-order valence-electron chi connectivity index (χ1n) is 7.85. The van der Waals surface area contributed by atoms with E-state index in [-0.39, 0.29) is 4.68 Å². The second-order valence-corrected chi connectivity index (χ2v) is 7.61. The van der Waals surface area contributed by atoms with Crippen LogP contribution in [0, 0.1) is 0 Å². The van der Waals surface area contributed by atoms with Crippen molar-refractivity contribution in [3.8, 4) is 0 Å². The first-order valence-corrected chi connectivity index (χ1v) is 9.74. The second-order valence-electron chi connectivity index (χ2n) is 5.88. The normalized spacial score (nSPS) is 13.7. The van der Waals surface area contributed by atoms with Gasteiger partial charge < -0.3 is 4.74 Å². The van der Waals surface area contributed by atoms with E-state index in [4.69, 9.17) is 4.74 Å². The van der Waals surface area contributed by atoms with Gasteiger partial charge in [0.15, 0.2) is 0 Å². The van der Waals surface area contributed by atoms with Crippen molar-refractivity contribution in [3.63, 3.8) is 0 Å². The van der Waals surface area contributed by atoms with Crippen molar-refractivity contribution in [1.82, 2.24) is 9.24 Å². The van der Waals surface area contributed by atoms with Crippen LogP contribution >= 0.6 is 0 Å². The molecule has 1 unspecified atom stereocenters. The first-order chi connectivity index (χ1) is 12.4. The number of hydrogen-bond donors (Lipinski definition) is 1. The van der Waals surface area contributed by atoms with Crippen molar-refractivity contribution in [2.45, 2.75) is 32.7 Å². The Kier molecular flexibility index (Phi) is 5.71. The van der Waals surface area contributed by atoms with Crippen LogP contribution in [0.4, 0.5) is 13.2 Å². The van der Waals surface area contributed by atoms with Gasteiger partial charge in [0.25, 0.3) is 5.56 Å². The Bertz CT molecular complexity index is 1070. The van der Waals surface area contributed by atoms with Gasteiger partial charge in [0, 0.05) is 6.61 Å². The minimum Gasteiger partial charge on any atom is -0.374 e. The van der Waals surface area contributed by atoms with Crippen molar-refractivity contribution in [2.75, 3.05) is 17.7 Å². The van der Waals surface area contributed by atoms with E-state index in [0.717, 1.165) is 18.6 Å². The van der Waals surface area contributed by atoms with Crippen LogP contribution in [0.1, 0.15) is 31.9 Å². The van der Waals surface area contributed by atoms with Crippen molar-refractivity contribution in [3.05, 3.63) is 44.6 Å². The maximum Gasteiger partial charge on any atom is 0.493 e. The zero-order valence-electron chi connectivity index (χ0n) is 14.7. The molecule has 2 aromatic rings. The van der Waals surface area contributed by atoms with Gasteiger partial charge in [-0.2, -0.15) is 4.68 Å². The van der Waals surface area contributed by atoms with Crippen LogP contribution in [-0.2, 0) is 21.1 Å². The van der Waals surface area contributed by atoms with Gasteiger partial charge >= 0.3 is 12.0 Å². The molecule has 0 bridgehead atoms. The molecule has 0 saturated heterocycles. The summed E-state index contributed by atoms with van der Waals surface area (Å²) < 4.78 is 67.7. The molecule has 150 valence electrons. The number of benzene rings is 1. The Labute approximate surface area is 152 Å². The standard InChI is InChI=1S/C15H18F3N3O5S/c1-4-7-26-9(2)10-5-6-12-11(8-10)13(22)21(19-27(3,24)25)14(23)20(12)15(16,17)18/h5-6,8-9,19H,4,7H2,1-3H3. The van der Waals surface area contributed by atoms with Gasteiger partial charge in [-0.25, -0.2) is 22.6 Å². The lowest BCUT2D eigenvalue weighted by Crippen LogP contribution is -2.49. The topological polar surface area (TPSA) is 99.4 Å². The van der Waals surface area contributed by atoms with E-state index in [9.17, 15) is 31.2 Å². The van der Waals surface area contributed by atoms with Crippen molar-refractivity contribution in [2.24, 2.45) is 0 Å². The molecule has 1 atom stereocenters. The number of fused-ring (bicyclic) bond motifs is 1. The van der Waals surface area contributed by atoms with E-state index >= 15 is 0 Å². The summed E-state index contributed by atoms with van der Waals surface area (Å²) in [6, 6.07) is 3.45. The summed E-state index contributed by atoms with van der Waals surface area (Å²) in [6.45, 7) is 3.94. The molecule has 8 nitrogen and oxygen atoms in total. The number of sulfonamides is 1. The lowest BCUT2D eigenvalue weighted by molar-refractivity contribution is -0.204. The molecule has 1 aromatic heterocycles. The second kappa shape index (κ2) is 7.35. The number of ether oxygens (including phenoxy) is 1. The first kappa shape index (κ1) is 21.0. The van der Waals surface area contributed by atoms with Gasteiger partial charge in [0.05, 0.1) is 23.3 Å². The highest BCUT2D eigenvalue weighted by atomic mass is 32.2. The molecule has 0 radical (unpaired) electrons. The predicted molar refractivity (Wildman–Crippen MR) is 92.6 cm³/mol. The minimum absolute atomic E-state index is 0.174. The van der Waals surface area contributed by atoms with E-state index < -0.39 is 49.1 Å². The predicted octanol–water partition coefficient (Wildman–Crippen LogP) is 1.63. The number of aromatic nitrogens is 2. The van der Waals surface area contributed by atoms with Crippen molar-refractivity contribution < 1.29 is 26.3 Å². The van der Waals surface area contributed by atoms with Gasteiger partial charge in [-0.05, 0) is 31.0 Å². The summed E-state index contributed by atoms with van der Waals surface area (Å²) in [4.78, 5) is 26.2. The summed E-state index contributed by atoms with van der Waals surface area (Å²) in [5.74, 6) is 0. The Morgan fingerprint density at radius 1 is 1.26 bits per heavy atom. The summed E-state index contributed by atoms with van der Waals surface area (Å²) in [7, 11) is -4.18. The lowest BCUT2D eigenvalue weighted by atomic mass is 10.1. The number of nitrogens with one attached hydrogen (secondary N) is 1. The quantitative estimate of drug-likeness (QED) is 0.782. The van der Waals surface area contributed by atoms with E-state index in [1.165, 1.54) is 10.9 Å². The van der Waals surface area contributed by atoms with Crippen LogP contribution < -0.4 is 16.1 Å². The average Bonchev–Trinajstić information content (AvgIpc) is 2.54. The number of nitrogens with zero attached hydrogens (tertiary/aromatic N) is 2. The minimum atomic E-state index is -5.17. The molecule has 1 N–H and O–H groups in total. The van der Waals surface area contributed by atoms with E-state index in [1.54, 1.807) is 6.92 Å². The van der Waals surface area contributed by atoms with Crippen molar-refractivity contribution >= 4 is 20.9 Å². The molecule has 1 aromatic carbocycles. The molecular formula is C15H18F3N3O5S. The van der Waals surface area contributed by atoms with Gasteiger partial charge in [0.1, 0.15) is 0 Å². The average molecular weight is 409 g/mol. The number of halogens is 3. The third kappa shape index (κ3) is 4.50. The number of rotatable bonds is 6. The van der Waals surface area contributed by atoms with E-state index in [0.29, 0.717) is 18.4 Å². The highest BCUT2D eigenvalue weighted by molar-refractivity contribution is 7.91. The molecule has 12 heteroatoms. The fourth-order valence-corrected chi connectivity index (χ4v) is 2.96. The van der Waals surface area contributed by atoms with E-state index in [1.807, 2.05) is 6.92 Å². The smallest absolute Gasteiger partial charge is 0.374 e. The summed E-state index contributed by atoms with van der Waals surface area (Å²) in [6.07, 6.45) is -4.36. The van der Waals surface area contributed by atoms with E-state index in [2.05, 4.69) is 0 Å². The third-order valence-corrected chi connectivity index (χ3v) is 4.14. The van der Waals surface area contributed by atoms with Crippen LogP contribution in [0.25, 0.3) is 10.9 Å². The summed E-state index contributed by atoms with van der Waals surface area (Å²) in [5, 5.41) is -0.479. The molecule has 2 rings (SSSR count). The summed E-state index contributed by atoms with van der Waals surface area (Å²) in [5.41, 5.74) is -3.36. The van der Waals surface area contributed by atoms with Gasteiger partial charge in [0.2, 0.25) is 10.0 Å². The largest absolute Gasteiger partial charge is 0.493 e. The molecule has 0 spiro atoms. The Morgan fingerprint density at radius 3 is 2.41 bits per heavy atom. The molecule has 0 aliphatic rings. The highest BCUT2D eigenvalue weighted by Gasteiger charge is 2.36. The van der Waals surface area contributed by atoms with Gasteiger partial charge in [-0.3, -0.25) is 4.79 Å². The Balaban J connectivity index is 2.84. The summed E-state index contributed by atoms with van der Waals surface area (Å²) >= 11 is 0. The highest BCUT2D eigenvalue weighted by Crippen LogP contribution is 2.26. The Hall–Kier alpha value is -2.34. The van der Waals surface area contributed by atoms with Crippen LogP contribution in [-0.4, -0.2) is 30.5 Å². The molecule has 0 fully saturated rings. The number of alkyl halides is 3. The zero-order chi connectivity index (χ0) is 20.6. The van der Waals surface area contributed by atoms with Crippen LogP contribution in [0.2, 0.25) is 0 Å². The van der Waals surface area contributed by atoms with Crippen LogP contribution in [0.5, 0.6) is 0 Å². The van der Waals surface area contributed by atoms with Crippen molar-refractivity contribution in [1.29, 1.82) is 0 Å². The molecule has 0 saturated carbocycles. The Morgan fingerprint density at radius 2 is 1.89 bits per heavy atom. The fraction of sp³-hybridized carbons (Fsp3) is 0.467. The molecule has 0 aliphatic heterocycles. The SMILES string of the molecule is CCCOC(C)c1ccc2c(c1)c(=O)n(NS(C)(=O)=O)c(=O)n2C(F)(F)F. The molecule has 27 heavy (non-hydrogen) atoms. The monoisotopic (exact) mass is 409 g/mol. The van der Waals surface area contributed by atoms with Gasteiger partial charge in [-0.1, -0.05) is 13.0 Å². The zero-order valence-corrected chi connectivity index (χ0v) is 15.5. The molecular weight excluding hydrogens is 391 g/mol. The number of hydrogen-bond acceptors (Lipinski definition) is 5. The molecule has 0 aliphatic carbocycles.